The number of carboxylic acid groups (broad SMARTS) is 1. The molecule has 11 nitrogen and oxygen atoms in total. The highest BCUT2D eigenvalue weighted by Crippen LogP contribution is 2.38. The van der Waals surface area contributed by atoms with Gasteiger partial charge in [0.1, 0.15) is 12.1 Å². The maximum Gasteiger partial charge on any atom is 0.333 e. The van der Waals surface area contributed by atoms with Crippen molar-refractivity contribution in [2.75, 3.05) is 20.6 Å². The Balaban J connectivity index is 0.000000247. The van der Waals surface area contributed by atoms with Gasteiger partial charge in [-0.2, -0.15) is 0 Å². The molecular weight excluding hydrogens is 538 g/mol. The molecule has 224 valence electrons. The second-order valence-electron chi connectivity index (χ2n) is 10.6. The number of carbonyl (C=O) groups excluding carboxylic acids is 1. The lowest BCUT2D eigenvalue weighted by molar-refractivity contribution is -0.168. The van der Waals surface area contributed by atoms with Crippen LogP contribution in [0, 0.1) is 5.92 Å². The van der Waals surface area contributed by atoms with Crippen LogP contribution in [-0.4, -0.2) is 61.3 Å². The van der Waals surface area contributed by atoms with E-state index in [0.29, 0.717) is 17.4 Å². The van der Waals surface area contributed by atoms with E-state index in [4.69, 9.17) is 9.84 Å². The molecule has 2 aromatic carbocycles. The minimum absolute atomic E-state index is 0.139. The molecule has 0 saturated heterocycles. The quantitative estimate of drug-likeness (QED) is 0.285. The van der Waals surface area contributed by atoms with E-state index in [1.807, 2.05) is 43.3 Å². The molecule has 0 bridgehead atoms. The number of hydrogen-bond acceptors (Lipinski definition) is 7. The van der Waals surface area contributed by atoms with Gasteiger partial charge in [-0.15, -0.1) is 0 Å². The van der Waals surface area contributed by atoms with Crippen LogP contribution in [0.3, 0.4) is 0 Å². The fourth-order valence-corrected chi connectivity index (χ4v) is 5.02. The van der Waals surface area contributed by atoms with E-state index < -0.39 is 29.4 Å². The van der Waals surface area contributed by atoms with E-state index in [-0.39, 0.29) is 23.1 Å². The van der Waals surface area contributed by atoms with Crippen molar-refractivity contribution in [3.63, 3.8) is 0 Å². The fraction of sp³-hybridized carbons (Fsp3) is 0.387. The molecule has 0 unspecified atom stereocenters. The van der Waals surface area contributed by atoms with Crippen molar-refractivity contribution in [1.82, 2.24) is 23.6 Å². The zero-order valence-corrected chi connectivity index (χ0v) is 25.0. The minimum Gasteiger partial charge on any atom is -0.480 e. The van der Waals surface area contributed by atoms with Crippen LogP contribution in [0.4, 0.5) is 0 Å². The number of aromatic nitrogens is 4. The maximum atomic E-state index is 12.3. The Morgan fingerprint density at radius 3 is 2.17 bits per heavy atom. The van der Waals surface area contributed by atoms with Crippen LogP contribution in [0.1, 0.15) is 31.4 Å². The van der Waals surface area contributed by atoms with Crippen molar-refractivity contribution in [1.29, 1.82) is 0 Å². The number of esters is 1. The van der Waals surface area contributed by atoms with Crippen molar-refractivity contribution >= 4 is 23.1 Å². The largest absolute Gasteiger partial charge is 0.480 e. The van der Waals surface area contributed by atoms with E-state index >= 15 is 0 Å². The number of fused-ring (bicyclic) bond motifs is 1. The average molecular weight is 578 g/mol. The van der Waals surface area contributed by atoms with Crippen molar-refractivity contribution < 1.29 is 19.4 Å². The molecule has 0 aliphatic rings. The summed E-state index contributed by atoms with van der Waals surface area (Å²) >= 11 is 0. The summed E-state index contributed by atoms with van der Waals surface area (Å²) < 4.78 is 9.45. The predicted molar refractivity (Wildman–Crippen MR) is 160 cm³/mol. The number of hydrogen-bond donors (Lipinski definition) is 1. The number of rotatable bonds is 10. The van der Waals surface area contributed by atoms with Crippen LogP contribution in [0.5, 0.6) is 0 Å². The smallest absolute Gasteiger partial charge is 0.333 e. The zero-order valence-electron chi connectivity index (χ0n) is 25.0. The maximum absolute atomic E-state index is 12.3. The Bertz CT molecular complexity index is 1620. The highest BCUT2D eigenvalue weighted by Gasteiger charge is 2.42. The number of aliphatic carboxylic acids is 1. The highest BCUT2D eigenvalue weighted by molar-refractivity contribution is 5.71. The van der Waals surface area contributed by atoms with E-state index in [0.717, 1.165) is 16.7 Å². The Hall–Kier alpha value is -4.51. The summed E-state index contributed by atoms with van der Waals surface area (Å²) in [5.41, 5.74) is 0.641. The number of nitrogens with zero attached hydrogens (tertiary/aromatic N) is 5. The third kappa shape index (κ3) is 7.22. The lowest BCUT2D eigenvalue weighted by atomic mass is 9.77. The van der Waals surface area contributed by atoms with Crippen LogP contribution >= 0.6 is 0 Å². The van der Waals surface area contributed by atoms with Crippen LogP contribution in [0.2, 0.25) is 0 Å². The number of ether oxygens (including phenoxy) is 1. The standard InChI is InChI=1S/C22H29NO2.C9H10N4O4/c1-5-21(24)25-22(18(2)17-23(3)4,20-14-10-7-11-15-20)16-19-12-8-6-9-13-19;1-11-4-10-7-6(11)8(16)13(3-5(14)15)9(17)12(7)2/h6-15,18H,5,16-17H2,1-4H3;4H,3H2,1-2H3,(H,14,15)/t18-,22+;/m1./s1. The first-order valence-electron chi connectivity index (χ1n) is 13.7. The lowest BCUT2D eigenvalue weighted by Crippen LogP contribution is -2.44. The molecule has 11 heteroatoms. The third-order valence-corrected chi connectivity index (χ3v) is 7.09. The number of carboxylic acids is 1. The lowest BCUT2D eigenvalue weighted by Gasteiger charge is -2.40. The van der Waals surface area contributed by atoms with Crippen molar-refractivity contribution in [3.05, 3.63) is 99.0 Å². The molecule has 4 aromatic rings. The van der Waals surface area contributed by atoms with E-state index in [9.17, 15) is 19.2 Å². The summed E-state index contributed by atoms with van der Waals surface area (Å²) in [6.45, 7) is 4.18. The van der Waals surface area contributed by atoms with E-state index in [1.54, 1.807) is 7.05 Å². The van der Waals surface area contributed by atoms with Gasteiger partial charge in [0.25, 0.3) is 5.56 Å². The van der Waals surface area contributed by atoms with Crippen molar-refractivity contribution in [3.8, 4) is 0 Å². The Morgan fingerprint density at radius 1 is 1.02 bits per heavy atom. The van der Waals surface area contributed by atoms with E-state index in [2.05, 4.69) is 55.2 Å². The molecule has 0 radical (unpaired) electrons. The molecule has 0 aliphatic carbocycles. The van der Waals surface area contributed by atoms with Gasteiger partial charge in [0, 0.05) is 39.4 Å². The molecule has 0 amide bonds. The van der Waals surface area contributed by atoms with Gasteiger partial charge in [0.2, 0.25) is 0 Å². The van der Waals surface area contributed by atoms with Crippen molar-refractivity contribution in [2.45, 2.75) is 38.8 Å². The predicted octanol–water partition coefficient (Wildman–Crippen LogP) is 2.79. The van der Waals surface area contributed by atoms with Gasteiger partial charge in [-0.25, -0.2) is 14.3 Å². The molecule has 4 rings (SSSR count). The van der Waals surface area contributed by atoms with Gasteiger partial charge in [-0.3, -0.25) is 19.0 Å². The van der Waals surface area contributed by atoms with Crippen LogP contribution in [0.25, 0.3) is 11.2 Å². The average Bonchev–Trinajstić information content (AvgIpc) is 3.36. The van der Waals surface area contributed by atoms with Crippen molar-refractivity contribution in [2.24, 2.45) is 20.0 Å². The molecule has 2 atom stereocenters. The summed E-state index contributed by atoms with van der Waals surface area (Å²) in [7, 11) is 7.15. The zero-order chi connectivity index (χ0) is 31.0. The number of imidazole rings is 1. The van der Waals surface area contributed by atoms with Gasteiger partial charge >= 0.3 is 17.6 Å². The molecular formula is C31H39N5O6. The molecule has 0 aliphatic heterocycles. The van der Waals surface area contributed by atoms with Gasteiger partial charge in [-0.1, -0.05) is 74.5 Å². The minimum atomic E-state index is -1.24. The second-order valence-corrected chi connectivity index (χ2v) is 10.6. The van der Waals surface area contributed by atoms with Crippen LogP contribution in [0.15, 0.2) is 76.6 Å². The Morgan fingerprint density at radius 2 is 1.62 bits per heavy atom. The number of benzene rings is 2. The van der Waals surface area contributed by atoms with Crippen LogP contribution in [-0.2, 0) is 47.0 Å². The summed E-state index contributed by atoms with van der Waals surface area (Å²) in [6, 6.07) is 20.4. The SMILES string of the molecule is CCC(=O)O[C@](Cc1ccccc1)(c1ccccc1)[C@H](C)CN(C)C.Cn1cnc2c1c(=O)n(CC(=O)O)c(=O)n2C. The molecule has 0 spiro atoms. The summed E-state index contributed by atoms with van der Waals surface area (Å²) in [4.78, 5) is 52.7. The first-order valence-corrected chi connectivity index (χ1v) is 13.7. The first kappa shape index (κ1) is 32.0. The Kier molecular flexibility index (Phi) is 10.6. The summed E-state index contributed by atoms with van der Waals surface area (Å²) in [6.07, 6.45) is 2.44. The topological polar surface area (TPSA) is 129 Å². The molecule has 1 N–H and O–H groups in total. The molecule has 2 heterocycles. The third-order valence-electron chi connectivity index (χ3n) is 7.09. The van der Waals surface area contributed by atoms with Crippen LogP contribution < -0.4 is 11.2 Å². The summed E-state index contributed by atoms with van der Waals surface area (Å²) in [5, 5.41) is 8.67. The Labute approximate surface area is 244 Å². The molecule has 42 heavy (non-hydrogen) atoms. The van der Waals surface area contributed by atoms with Gasteiger partial charge in [0.15, 0.2) is 11.2 Å². The number of carbonyl (C=O) groups is 2. The molecule has 2 aromatic heterocycles. The second kappa shape index (κ2) is 13.9. The number of aryl methyl sites for hydroxylation is 2. The molecule has 0 fully saturated rings. The summed E-state index contributed by atoms with van der Waals surface area (Å²) in [5.74, 6) is -1.27. The molecule has 0 saturated carbocycles. The van der Waals surface area contributed by atoms with Gasteiger partial charge < -0.3 is 19.3 Å². The first-order chi connectivity index (χ1) is 19.9. The normalized spacial score (nSPS) is 13.2. The van der Waals surface area contributed by atoms with E-state index in [1.165, 1.54) is 23.5 Å². The monoisotopic (exact) mass is 577 g/mol. The van der Waals surface area contributed by atoms with Gasteiger partial charge in [-0.05, 0) is 25.2 Å². The highest BCUT2D eigenvalue weighted by atomic mass is 16.6. The fourth-order valence-electron chi connectivity index (χ4n) is 5.02. The van der Waals surface area contributed by atoms with Gasteiger partial charge in [0.05, 0.1) is 6.33 Å².